The number of amides is 1. The first kappa shape index (κ1) is 16.5. The third kappa shape index (κ3) is 3.17. The summed E-state index contributed by atoms with van der Waals surface area (Å²) in [6.07, 6.45) is 3.34. The summed E-state index contributed by atoms with van der Waals surface area (Å²) in [6.45, 7) is 1.46. The number of hydrogen-bond acceptors (Lipinski definition) is 2. The van der Waals surface area contributed by atoms with Gasteiger partial charge < -0.3 is 10.6 Å². The van der Waals surface area contributed by atoms with Crippen molar-refractivity contribution in [1.82, 2.24) is 4.90 Å². The number of carbonyl (C=O) groups excluding carboxylic acids is 1. The van der Waals surface area contributed by atoms with Gasteiger partial charge in [-0.25, -0.2) is 4.39 Å². The van der Waals surface area contributed by atoms with E-state index < -0.39 is 5.82 Å². The second-order valence-corrected chi connectivity index (χ2v) is 6.26. The molecule has 2 N–H and O–H groups in total. The van der Waals surface area contributed by atoms with Gasteiger partial charge >= 0.3 is 0 Å². The van der Waals surface area contributed by atoms with Crippen molar-refractivity contribution in [2.45, 2.75) is 25.3 Å². The van der Waals surface area contributed by atoms with Crippen LogP contribution in [0.4, 0.5) is 4.39 Å². The van der Waals surface area contributed by atoms with Crippen molar-refractivity contribution in [1.29, 1.82) is 0 Å². The lowest BCUT2D eigenvalue weighted by Gasteiger charge is -2.29. The van der Waals surface area contributed by atoms with Crippen molar-refractivity contribution in [2.24, 2.45) is 17.6 Å². The van der Waals surface area contributed by atoms with E-state index >= 15 is 0 Å². The quantitative estimate of drug-likeness (QED) is 0.858. The molecule has 1 amide bonds. The first-order valence-corrected chi connectivity index (χ1v) is 7.44. The minimum atomic E-state index is -0.500. The number of benzene rings is 1. The molecule has 3 atom stereocenters. The number of likely N-dealkylation sites (tertiary alicyclic amines) is 1. The van der Waals surface area contributed by atoms with E-state index in [9.17, 15) is 9.18 Å². The maximum Gasteiger partial charge on any atom is 0.253 e. The van der Waals surface area contributed by atoms with Crippen LogP contribution >= 0.6 is 24.0 Å². The fraction of sp³-hybridized carbons (Fsp3) is 0.533. The molecule has 1 aliphatic heterocycles. The molecule has 1 heterocycles. The maximum atomic E-state index is 13.2. The fourth-order valence-corrected chi connectivity index (χ4v) is 3.67. The van der Waals surface area contributed by atoms with E-state index in [4.69, 9.17) is 17.3 Å². The number of carbonyl (C=O) groups is 1. The summed E-state index contributed by atoms with van der Waals surface area (Å²) in [6, 6.07) is 4.33. The standard InChI is InChI=1S/C15H18ClFN2O.ClH/c16-12-6-9(4-5-13(12)17)15(20)19-7-10-2-1-3-14(18)11(10)8-19;/h4-6,10-11,14H,1-3,7-8,18H2;1H. The van der Waals surface area contributed by atoms with Gasteiger partial charge in [0.15, 0.2) is 0 Å². The zero-order valence-corrected chi connectivity index (χ0v) is 13.2. The van der Waals surface area contributed by atoms with Crippen LogP contribution in [-0.4, -0.2) is 29.9 Å². The Morgan fingerprint density at radius 1 is 1.33 bits per heavy atom. The Hall–Kier alpha value is -0.840. The van der Waals surface area contributed by atoms with E-state index in [2.05, 4.69) is 0 Å². The Balaban J connectivity index is 0.00000161. The summed E-state index contributed by atoms with van der Waals surface area (Å²) < 4.78 is 13.2. The predicted molar refractivity (Wildman–Crippen MR) is 83.4 cm³/mol. The number of nitrogens with two attached hydrogens (primary N) is 1. The second-order valence-electron chi connectivity index (χ2n) is 5.86. The lowest BCUT2D eigenvalue weighted by Crippen LogP contribution is -2.38. The zero-order chi connectivity index (χ0) is 14.3. The van der Waals surface area contributed by atoms with Gasteiger partial charge in [-0.1, -0.05) is 18.0 Å². The van der Waals surface area contributed by atoms with Crippen molar-refractivity contribution in [3.05, 3.63) is 34.6 Å². The van der Waals surface area contributed by atoms with Gasteiger partial charge in [0.1, 0.15) is 5.82 Å². The maximum absolute atomic E-state index is 13.2. The molecule has 0 radical (unpaired) electrons. The molecule has 0 bridgehead atoms. The monoisotopic (exact) mass is 332 g/mol. The van der Waals surface area contributed by atoms with Gasteiger partial charge in [0.25, 0.3) is 5.91 Å². The summed E-state index contributed by atoms with van der Waals surface area (Å²) >= 11 is 5.74. The van der Waals surface area contributed by atoms with E-state index in [1.807, 2.05) is 4.90 Å². The van der Waals surface area contributed by atoms with Crippen molar-refractivity contribution in [2.75, 3.05) is 13.1 Å². The van der Waals surface area contributed by atoms with E-state index in [0.717, 1.165) is 25.8 Å². The van der Waals surface area contributed by atoms with Crippen LogP contribution in [0.15, 0.2) is 18.2 Å². The molecule has 116 valence electrons. The SMILES string of the molecule is Cl.NC1CCCC2CN(C(=O)c3ccc(F)c(Cl)c3)CC12. The lowest BCUT2D eigenvalue weighted by molar-refractivity contribution is 0.0783. The Bertz CT molecular complexity index is 540. The van der Waals surface area contributed by atoms with Gasteiger partial charge in [0, 0.05) is 24.7 Å². The molecule has 0 spiro atoms. The van der Waals surface area contributed by atoms with Crippen LogP contribution in [0.1, 0.15) is 29.6 Å². The molecular formula is C15H19Cl2FN2O. The molecule has 0 aromatic heterocycles. The highest BCUT2D eigenvalue weighted by Crippen LogP contribution is 2.36. The number of fused-ring (bicyclic) bond motifs is 1. The number of halogens is 3. The highest BCUT2D eigenvalue weighted by molar-refractivity contribution is 6.31. The van der Waals surface area contributed by atoms with Gasteiger partial charge in [0.2, 0.25) is 0 Å². The smallest absolute Gasteiger partial charge is 0.253 e. The predicted octanol–water partition coefficient (Wildman–Crippen LogP) is 3.10. The third-order valence-electron chi connectivity index (χ3n) is 4.61. The van der Waals surface area contributed by atoms with Gasteiger partial charge in [0.05, 0.1) is 5.02 Å². The summed E-state index contributed by atoms with van der Waals surface area (Å²) in [5.41, 5.74) is 6.60. The third-order valence-corrected chi connectivity index (χ3v) is 4.90. The van der Waals surface area contributed by atoms with Gasteiger partial charge in [-0.3, -0.25) is 4.79 Å². The van der Waals surface area contributed by atoms with Crippen molar-refractivity contribution in [3.8, 4) is 0 Å². The highest BCUT2D eigenvalue weighted by Gasteiger charge is 2.40. The molecule has 2 fully saturated rings. The fourth-order valence-electron chi connectivity index (χ4n) is 3.49. The van der Waals surface area contributed by atoms with Crippen LogP contribution in [0.5, 0.6) is 0 Å². The van der Waals surface area contributed by atoms with Crippen molar-refractivity contribution in [3.63, 3.8) is 0 Å². The van der Waals surface area contributed by atoms with Gasteiger partial charge in [-0.05, 0) is 42.9 Å². The molecule has 1 aromatic rings. The topological polar surface area (TPSA) is 46.3 Å². The molecule has 3 rings (SSSR count). The minimum Gasteiger partial charge on any atom is -0.338 e. The van der Waals surface area contributed by atoms with Crippen LogP contribution in [0.25, 0.3) is 0 Å². The Labute approximate surface area is 135 Å². The van der Waals surface area contributed by atoms with Crippen LogP contribution in [0.3, 0.4) is 0 Å². The average molecular weight is 333 g/mol. The molecule has 1 saturated heterocycles. The molecule has 6 heteroatoms. The summed E-state index contributed by atoms with van der Waals surface area (Å²) in [5.74, 6) is 0.344. The molecule has 3 unspecified atom stereocenters. The average Bonchev–Trinajstić information content (AvgIpc) is 2.86. The van der Waals surface area contributed by atoms with E-state index in [-0.39, 0.29) is 29.4 Å². The molecule has 1 saturated carbocycles. The molecule has 21 heavy (non-hydrogen) atoms. The van der Waals surface area contributed by atoms with Crippen LogP contribution < -0.4 is 5.73 Å². The molecular weight excluding hydrogens is 314 g/mol. The summed E-state index contributed by atoms with van der Waals surface area (Å²) in [4.78, 5) is 14.3. The summed E-state index contributed by atoms with van der Waals surface area (Å²) in [7, 11) is 0. The van der Waals surface area contributed by atoms with E-state index in [0.29, 0.717) is 23.9 Å². The molecule has 2 aliphatic rings. The van der Waals surface area contributed by atoms with Gasteiger partial charge in [-0.15, -0.1) is 12.4 Å². The first-order valence-electron chi connectivity index (χ1n) is 7.06. The Morgan fingerprint density at radius 2 is 2.10 bits per heavy atom. The lowest BCUT2D eigenvalue weighted by atomic mass is 9.78. The molecule has 3 nitrogen and oxygen atoms in total. The minimum absolute atomic E-state index is 0. The van der Waals surface area contributed by atoms with Crippen LogP contribution in [0, 0.1) is 17.7 Å². The number of nitrogens with zero attached hydrogens (tertiary/aromatic N) is 1. The van der Waals surface area contributed by atoms with Crippen LogP contribution in [0.2, 0.25) is 5.02 Å². The second kappa shape index (κ2) is 6.51. The Morgan fingerprint density at radius 3 is 2.76 bits per heavy atom. The number of hydrogen-bond donors (Lipinski definition) is 1. The molecule has 1 aromatic carbocycles. The van der Waals surface area contributed by atoms with E-state index in [1.54, 1.807) is 0 Å². The van der Waals surface area contributed by atoms with Crippen molar-refractivity contribution < 1.29 is 9.18 Å². The Kier molecular flexibility index (Phi) is 5.12. The van der Waals surface area contributed by atoms with Crippen LogP contribution in [-0.2, 0) is 0 Å². The number of rotatable bonds is 1. The molecule has 1 aliphatic carbocycles. The largest absolute Gasteiger partial charge is 0.338 e. The summed E-state index contributed by atoms with van der Waals surface area (Å²) in [5, 5.41) is -0.0100. The van der Waals surface area contributed by atoms with Gasteiger partial charge in [-0.2, -0.15) is 0 Å². The van der Waals surface area contributed by atoms with Crippen molar-refractivity contribution >= 4 is 29.9 Å². The van der Waals surface area contributed by atoms with E-state index in [1.165, 1.54) is 18.2 Å². The zero-order valence-electron chi connectivity index (χ0n) is 11.6. The highest BCUT2D eigenvalue weighted by atomic mass is 35.5. The first-order chi connectivity index (χ1) is 9.56. The normalized spacial score (nSPS) is 28.0.